The minimum Gasteiger partial charge on any atom is -0.465 e. The quantitative estimate of drug-likeness (QED) is 0.753. The number of hydrogen-bond donors (Lipinski definition) is 2. The Balaban J connectivity index is 0.00000169. The molecule has 0 spiro atoms. The lowest BCUT2D eigenvalue weighted by molar-refractivity contribution is 0.0455. The number of amides is 1. The van der Waals surface area contributed by atoms with Gasteiger partial charge in [0.2, 0.25) is 0 Å². The molecule has 0 aromatic carbocycles. The molecule has 0 heterocycles. The van der Waals surface area contributed by atoms with Crippen LogP contribution in [0.25, 0.3) is 0 Å². The van der Waals surface area contributed by atoms with Crippen LogP contribution in [-0.4, -0.2) is 30.0 Å². The third kappa shape index (κ3) is 3.72. The van der Waals surface area contributed by atoms with Crippen molar-refractivity contribution < 1.29 is 14.6 Å². The van der Waals surface area contributed by atoms with E-state index in [0.717, 1.165) is 25.7 Å². The summed E-state index contributed by atoms with van der Waals surface area (Å²) in [5, 5.41) is 11.2. The summed E-state index contributed by atoms with van der Waals surface area (Å²) >= 11 is 0. The van der Waals surface area contributed by atoms with E-state index in [1.807, 2.05) is 6.92 Å². The Bertz CT molecular complexity index is 190. The summed E-state index contributed by atoms with van der Waals surface area (Å²) in [6, 6.07) is 0. The molecule has 1 aliphatic carbocycles. The average molecular weight is 224 g/mol. The fourth-order valence-corrected chi connectivity index (χ4v) is 1.85. The van der Waals surface area contributed by atoms with Crippen molar-refractivity contribution in [3.05, 3.63) is 0 Å². The van der Waals surface area contributed by atoms with E-state index >= 15 is 0 Å². The second-order valence-corrected chi connectivity index (χ2v) is 3.93. The maximum absolute atomic E-state index is 10.5. The van der Waals surface area contributed by atoms with E-state index in [1.165, 1.54) is 0 Å². The van der Waals surface area contributed by atoms with Crippen molar-refractivity contribution in [2.45, 2.75) is 44.2 Å². The Morgan fingerprint density at radius 3 is 2.36 bits per heavy atom. The molecule has 4 nitrogen and oxygen atoms in total. The molecule has 5 heteroatoms. The summed E-state index contributed by atoms with van der Waals surface area (Å²) < 4.78 is 5.21. The molecule has 0 unspecified atom stereocenters. The van der Waals surface area contributed by atoms with Crippen LogP contribution >= 0.6 is 12.4 Å². The molecule has 0 aliphatic heterocycles. The molecule has 14 heavy (non-hydrogen) atoms. The lowest BCUT2D eigenvalue weighted by Crippen LogP contribution is -2.48. The maximum atomic E-state index is 10.5. The highest BCUT2D eigenvalue weighted by Gasteiger charge is 2.32. The summed E-state index contributed by atoms with van der Waals surface area (Å²) in [6.07, 6.45) is 2.97. The Hall–Kier alpha value is -0.480. The van der Waals surface area contributed by atoms with Crippen molar-refractivity contribution in [3.63, 3.8) is 0 Å². The highest BCUT2D eigenvalue weighted by Crippen LogP contribution is 2.29. The molecule has 1 fully saturated rings. The zero-order valence-corrected chi connectivity index (χ0v) is 9.39. The summed E-state index contributed by atoms with van der Waals surface area (Å²) in [5.41, 5.74) is -0.249. The first kappa shape index (κ1) is 13.5. The van der Waals surface area contributed by atoms with Crippen LogP contribution in [0.5, 0.6) is 0 Å². The highest BCUT2D eigenvalue weighted by atomic mass is 35.5. The van der Waals surface area contributed by atoms with Crippen LogP contribution in [0, 0.1) is 0 Å². The molecular weight excluding hydrogens is 206 g/mol. The summed E-state index contributed by atoms with van der Waals surface area (Å²) in [4.78, 5) is 10.5. The van der Waals surface area contributed by atoms with Crippen molar-refractivity contribution in [2.24, 2.45) is 0 Å². The molecule has 0 aromatic rings. The molecule has 1 rings (SSSR count). The van der Waals surface area contributed by atoms with Gasteiger partial charge in [-0.15, -0.1) is 12.4 Å². The second kappa shape index (κ2) is 5.41. The van der Waals surface area contributed by atoms with Crippen molar-refractivity contribution in [1.82, 2.24) is 5.32 Å². The number of ether oxygens (including phenoxy) is 1. The SMILES string of the molecule is COC1CCC(C)(NC(=O)O)CC1.Cl. The van der Waals surface area contributed by atoms with Crippen molar-refractivity contribution in [3.8, 4) is 0 Å². The average Bonchev–Trinajstić information content (AvgIpc) is 2.04. The van der Waals surface area contributed by atoms with Gasteiger partial charge in [-0.2, -0.15) is 0 Å². The third-order valence-electron chi connectivity index (χ3n) is 2.78. The van der Waals surface area contributed by atoms with Crippen LogP contribution in [0.2, 0.25) is 0 Å². The Kier molecular flexibility index (Phi) is 5.23. The van der Waals surface area contributed by atoms with Gasteiger partial charge in [-0.25, -0.2) is 4.79 Å². The number of carboxylic acid groups (broad SMARTS) is 1. The minimum atomic E-state index is -0.932. The monoisotopic (exact) mass is 223 g/mol. The number of rotatable bonds is 2. The number of halogens is 1. The third-order valence-corrected chi connectivity index (χ3v) is 2.78. The number of nitrogens with one attached hydrogen (secondary N) is 1. The van der Waals surface area contributed by atoms with E-state index in [1.54, 1.807) is 7.11 Å². The largest absolute Gasteiger partial charge is 0.465 e. The molecule has 1 saturated carbocycles. The fourth-order valence-electron chi connectivity index (χ4n) is 1.85. The van der Waals surface area contributed by atoms with Gasteiger partial charge >= 0.3 is 6.09 Å². The van der Waals surface area contributed by atoms with Crippen molar-refractivity contribution in [2.75, 3.05) is 7.11 Å². The number of hydrogen-bond acceptors (Lipinski definition) is 2. The molecule has 0 saturated heterocycles. The van der Waals surface area contributed by atoms with E-state index in [4.69, 9.17) is 9.84 Å². The molecule has 0 radical (unpaired) electrons. The molecule has 0 bridgehead atoms. The number of carbonyl (C=O) groups is 1. The van der Waals surface area contributed by atoms with Crippen LogP contribution < -0.4 is 5.32 Å². The smallest absolute Gasteiger partial charge is 0.405 e. The van der Waals surface area contributed by atoms with Crippen LogP contribution in [0.1, 0.15) is 32.6 Å². The zero-order chi connectivity index (χ0) is 9.90. The van der Waals surface area contributed by atoms with Gasteiger partial charge in [0.15, 0.2) is 0 Å². The Labute approximate surface area is 90.4 Å². The first-order valence-corrected chi connectivity index (χ1v) is 4.60. The van der Waals surface area contributed by atoms with Gasteiger partial charge in [0.1, 0.15) is 0 Å². The lowest BCUT2D eigenvalue weighted by atomic mass is 9.82. The fraction of sp³-hybridized carbons (Fsp3) is 0.889. The molecule has 0 aromatic heterocycles. The standard InChI is InChI=1S/C9H17NO3.ClH/c1-9(10-8(11)12)5-3-7(13-2)4-6-9;/h7,10H,3-6H2,1-2H3,(H,11,12);1H. The van der Waals surface area contributed by atoms with Gasteiger partial charge in [-0.05, 0) is 32.6 Å². The molecular formula is C9H18ClNO3. The molecule has 2 N–H and O–H groups in total. The Morgan fingerprint density at radius 2 is 2.00 bits per heavy atom. The zero-order valence-electron chi connectivity index (χ0n) is 8.58. The van der Waals surface area contributed by atoms with E-state index < -0.39 is 6.09 Å². The van der Waals surface area contributed by atoms with Crippen LogP contribution in [0.15, 0.2) is 0 Å². The van der Waals surface area contributed by atoms with Crippen molar-refractivity contribution in [1.29, 1.82) is 0 Å². The van der Waals surface area contributed by atoms with E-state index in [0.29, 0.717) is 6.10 Å². The van der Waals surface area contributed by atoms with Gasteiger partial charge in [0, 0.05) is 12.6 Å². The summed E-state index contributed by atoms with van der Waals surface area (Å²) in [5.74, 6) is 0. The van der Waals surface area contributed by atoms with Gasteiger partial charge in [0.25, 0.3) is 0 Å². The van der Waals surface area contributed by atoms with E-state index in [2.05, 4.69) is 5.32 Å². The molecule has 1 amide bonds. The van der Waals surface area contributed by atoms with E-state index in [9.17, 15) is 4.79 Å². The molecule has 0 atom stereocenters. The second-order valence-electron chi connectivity index (χ2n) is 3.93. The van der Waals surface area contributed by atoms with Gasteiger partial charge < -0.3 is 15.2 Å². The highest BCUT2D eigenvalue weighted by molar-refractivity contribution is 5.85. The van der Waals surface area contributed by atoms with E-state index in [-0.39, 0.29) is 17.9 Å². The van der Waals surface area contributed by atoms with Gasteiger partial charge in [0.05, 0.1) is 6.10 Å². The molecule has 1 aliphatic rings. The first-order chi connectivity index (χ1) is 6.06. The minimum absolute atomic E-state index is 0. The van der Waals surface area contributed by atoms with Crippen LogP contribution in [-0.2, 0) is 4.74 Å². The van der Waals surface area contributed by atoms with Gasteiger partial charge in [-0.3, -0.25) is 0 Å². The predicted molar refractivity (Wildman–Crippen MR) is 56.1 cm³/mol. The predicted octanol–water partition coefficient (Wildman–Crippen LogP) is 2.02. The summed E-state index contributed by atoms with van der Waals surface area (Å²) in [7, 11) is 1.71. The Morgan fingerprint density at radius 1 is 1.50 bits per heavy atom. The van der Waals surface area contributed by atoms with Gasteiger partial charge in [-0.1, -0.05) is 0 Å². The van der Waals surface area contributed by atoms with Crippen molar-refractivity contribution >= 4 is 18.5 Å². The first-order valence-electron chi connectivity index (χ1n) is 4.60. The van der Waals surface area contributed by atoms with Crippen LogP contribution in [0.3, 0.4) is 0 Å². The lowest BCUT2D eigenvalue weighted by Gasteiger charge is -2.36. The number of methoxy groups -OCH3 is 1. The topological polar surface area (TPSA) is 58.6 Å². The maximum Gasteiger partial charge on any atom is 0.405 e. The normalized spacial score (nSPS) is 31.7. The molecule has 84 valence electrons. The summed E-state index contributed by atoms with van der Waals surface area (Å²) in [6.45, 7) is 1.95. The van der Waals surface area contributed by atoms with Crippen LogP contribution in [0.4, 0.5) is 4.79 Å².